The number of para-hydroxylation sites is 2. The van der Waals surface area contributed by atoms with E-state index in [4.69, 9.17) is 44.5 Å². The van der Waals surface area contributed by atoms with Gasteiger partial charge in [0.15, 0.2) is 5.96 Å². The molecular weight excluding hydrogens is 1670 g/mol. The first-order chi connectivity index (χ1) is 59.9. The molecule has 0 radical (unpaired) electrons. The molecule has 0 saturated carbocycles. The molecule has 0 aliphatic carbocycles. The molecule has 1 saturated heterocycles. The third-order valence-electron chi connectivity index (χ3n) is 19.6. The van der Waals surface area contributed by atoms with Crippen LogP contribution >= 0.6 is 11.8 Å². The SMILES string of the molecule is CC1CSC[C@@H](C(=O)N[C@@H](Cc2ccc(O)cc2)C(=O)N[C@@H](Cc2c[nH]c3ccccc23)C(=O)N[C@@H](CCCNC(=N)N)C(=O)N[C@@H](CCC(=O)O)C(=O)N[C@@H](CC(N)=O)C(=O)NCC(=O)NCCOCC(=O)N[C@H](CCCCN)C(N)=O)NC(=O)[C@H](CCC(N)=O)NC(=O)[C@H](Cc2c[nH]c3ccccc23)NC(=O)[C@H](CC(=O)O)NC(=O)[C@H](CCC(N)=O)NC1=O. The fraction of sp³-hybridized carbons (Fsp3) is 0.468. The van der Waals surface area contributed by atoms with Gasteiger partial charge in [0, 0.05) is 103 Å². The molecule has 5 aromatic rings. The van der Waals surface area contributed by atoms with Crippen LogP contribution in [0.2, 0.25) is 0 Å². The van der Waals surface area contributed by atoms with Crippen molar-refractivity contribution in [1.82, 2.24) is 84.4 Å². The number of nitrogens with one attached hydrogen (secondary N) is 17. The summed E-state index contributed by atoms with van der Waals surface area (Å²) in [6, 6.07) is -0.424. The predicted octanol–water partition coefficient (Wildman–Crippen LogP) is -7.03. The molecule has 0 spiro atoms. The molecule has 1 fully saturated rings. The maximum atomic E-state index is 15.5. The molecule has 0 bridgehead atoms. The Labute approximate surface area is 724 Å². The molecular formula is C79H109N23O23S. The smallest absolute Gasteiger partial charge is 0.305 e. The first-order valence-electron chi connectivity index (χ1n) is 40.1. The van der Waals surface area contributed by atoms with Crippen molar-refractivity contribution in [3.8, 4) is 5.75 Å². The van der Waals surface area contributed by atoms with Crippen molar-refractivity contribution >= 4 is 152 Å². The van der Waals surface area contributed by atoms with E-state index in [1.165, 1.54) is 43.6 Å². The minimum absolute atomic E-state index is 0.100. The van der Waals surface area contributed by atoms with Gasteiger partial charge in [0.25, 0.3) is 0 Å². The molecule has 2 aromatic heterocycles. The summed E-state index contributed by atoms with van der Waals surface area (Å²) in [6.07, 6.45) is -3.13. The van der Waals surface area contributed by atoms with Gasteiger partial charge >= 0.3 is 11.9 Å². The number of fused-ring (bicyclic) bond motifs is 2. The summed E-state index contributed by atoms with van der Waals surface area (Å²) in [5.41, 5.74) is 35.1. The number of carbonyl (C=O) groups is 19. The van der Waals surface area contributed by atoms with E-state index >= 15 is 19.2 Å². The first kappa shape index (κ1) is 101. The second kappa shape index (κ2) is 51.2. The number of carbonyl (C=O) groups excluding carboxylic acids is 17. The average Bonchev–Trinajstić information content (AvgIpc) is 1.66. The zero-order valence-electron chi connectivity index (χ0n) is 68.9. The van der Waals surface area contributed by atoms with Gasteiger partial charge in [-0.3, -0.25) is 96.5 Å². The number of aromatic amines is 2. The van der Waals surface area contributed by atoms with Crippen LogP contribution in [0.25, 0.3) is 21.8 Å². The van der Waals surface area contributed by atoms with Crippen LogP contribution < -0.4 is 109 Å². The summed E-state index contributed by atoms with van der Waals surface area (Å²) >= 11 is 0.853. The van der Waals surface area contributed by atoms with E-state index in [1.807, 2.05) is 0 Å². The maximum absolute atomic E-state index is 15.5. The summed E-state index contributed by atoms with van der Waals surface area (Å²) in [4.78, 5) is 267. The highest BCUT2D eigenvalue weighted by molar-refractivity contribution is 7.99. The second-order valence-corrected chi connectivity index (χ2v) is 30.7. The number of aromatic hydroxyl groups is 1. The number of rotatable bonds is 47. The van der Waals surface area contributed by atoms with Gasteiger partial charge in [-0.1, -0.05) is 55.5 Å². The quantitative estimate of drug-likeness (QED) is 0.00978. The van der Waals surface area contributed by atoms with E-state index in [1.54, 1.807) is 48.5 Å². The maximum Gasteiger partial charge on any atom is 0.305 e. The minimum atomic E-state index is -1.97. The number of thioether (sulfide) groups is 1. The highest BCUT2D eigenvalue weighted by Gasteiger charge is 2.39. The number of unbranched alkanes of at least 4 members (excludes halogenated alkanes) is 1. The molecule has 6 rings (SSSR count). The Morgan fingerprint density at radius 2 is 1.03 bits per heavy atom. The number of guanidine groups is 1. The Balaban J connectivity index is 1.33. The lowest BCUT2D eigenvalue weighted by atomic mass is 10.0. The van der Waals surface area contributed by atoms with Gasteiger partial charge < -0.3 is 139 Å². The topological polar surface area (TPSA) is 774 Å². The van der Waals surface area contributed by atoms with Crippen molar-refractivity contribution in [2.75, 3.05) is 50.9 Å². The number of H-pyrrole nitrogens is 2. The van der Waals surface area contributed by atoms with Gasteiger partial charge in [-0.05, 0) is 98.9 Å². The second-order valence-electron chi connectivity index (χ2n) is 29.7. The fourth-order valence-corrected chi connectivity index (χ4v) is 14.1. The highest BCUT2D eigenvalue weighted by Crippen LogP contribution is 2.23. The number of carboxylic acids is 2. The lowest BCUT2D eigenvalue weighted by molar-refractivity contribution is -0.142. The molecule has 12 atom stereocenters. The van der Waals surface area contributed by atoms with E-state index in [0.717, 1.165) is 11.8 Å². The number of benzene rings is 3. The number of phenolic OH excluding ortho intramolecular Hbond substituents is 1. The minimum Gasteiger partial charge on any atom is -0.508 e. The van der Waals surface area contributed by atoms with Crippen molar-refractivity contribution < 1.29 is 111 Å². The van der Waals surface area contributed by atoms with Crippen molar-refractivity contribution in [1.29, 1.82) is 5.41 Å². The summed E-state index contributed by atoms with van der Waals surface area (Å²) in [5, 5.41) is 73.6. The Morgan fingerprint density at radius 1 is 0.508 bits per heavy atom. The fourth-order valence-electron chi connectivity index (χ4n) is 13.0. The normalized spacial score (nSPS) is 17.9. The van der Waals surface area contributed by atoms with Crippen LogP contribution in [0.15, 0.2) is 85.2 Å². The number of nitrogens with two attached hydrogens (primary N) is 6. The Bertz CT molecular complexity index is 4740. The van der Waals surface area contributed by atoms with Gasteiger partial charge in [0.05, 0.1) is 26.0 Å². The van der Waals surface area contributed by atoms with Gasteiger partial charge in [-0.2, -0.15) is 11.8 Å². The number of ether oxygens (including phenoxy) is 1. The number of primary amides is 4. The van der Waals surface area contributed by atoms with Crippen LogP contribution in [0.5, 0.6) is 5.75 Å². The molecule has 1 unspecified atom stereocenters. The molecule has 1 aliphatic heterocycles. The lowest BCUT2D eigenvalue weighted by Gasteiger charge is -2.28. The average molecular weight is 1780 g/mol. The Morgan fingerprint density at radius 3 is 1.62 bits per heavy atom. The Kier molecular flexibility index (Phi) is 41.0. The number of hydrogen-bond donors (Lipinski definition) is 26. The van der Waals surface area contributed by atoms with Crippen LogP contribution in [-0.4, -0.2) is 261 Å². The van der Waals surface area contributed by atoms with Crippen molar-refractivity contribution in [3.05, 3.63) is 102 Å². The molecule has 46 nitrogen and oxygen atoms in total. The standard InChI is InChI=1S/C79H109N23O23S/c1-40-38-126-39-59(102-73(119)52(20-23-61(82)105)96-76(122)56(31-43-35-90-48-12-5-3-10-46(43)48)99-77(123)58(33-66(111)112)101-71(117)51(93-68(40)114)19-22-60(81)104)78(124)97-54(29-41-15-17-44(103)18-16-41)74(120)98-55(30-42-34-89-47-11-4-2-9-45(42)47)75(121)94-50(14-8-26-88-79(85)86)70(116)95-53(21-24-65(109)110)72(118)100-57(32-62(83)106)69(115)91-36-63(107)87-27-28-125-37-64(108)92-49(67(84)113)13-6-7-25-80/h2-5,9-12,15-18,34-35,40,49-59,89-90,103H,6-8,13-14,19-33,36-39,80H2,1H3,(H2,81,104)(H2,82,105)(H2,83,106)(H2,84,113)(H,87,107)(H,91,115)(H,92,108)(H,93,114)(H,94,121)(H,95,116)(H,96,122)(H,97,124)(H,98,120)(H,99,123)(H,100,118)(H,101,117)(H,102,119)(H,109,110)(H,111,112)(H4,85,86,88)/t40?,49-,50+,51+,52+,53+,54+,55+,56+,57+,58+,59+/m1/s1. The third kappa shape index (κ3) is 34.7. The molecule has 1 aliphatic rings. The van der Waals surface area contributed by atoms with Crippen LogP contribution in [0.3, 0.4) is 0 Å². The van der Waals surface area contributed by atoms with Crippen molar-refractivity contribution in [2.45, 2.75) is 176 Å². The van der Waals surface area contributed by atoms with Crippen LogP contribution in [-0.2, 0) is 115 Å². The van der Waals surface area contributed by atoms with Crippen molar-refractivity contribution in [3.63, 3.8) is 0 Å². The molecule has 47 heteroatoms. The number of hydrogen-bond acceptors (Lipinski definition) is 24. The predicted molar refractivity (Wildman–Crippen MR) is 451 cm³/mol. The zero-order valence-corrected chi connectivity index (χ0v) is 69.7. The summed E-state index contributed by atoms with van der Waals surface area (Å²) < 4.78 is 5.27. The summed E-state index contributed by atoms with van der Waals surface area (Å²) in [7, 11) is 0. The number of phenols is 1. The summed E-state index contributed by atoms with van der Waals surface area (Å²) in [6.45, 7) is -0.129. The van der Waals surface area contributed by atoms with Crippen molar-refractivity contribution in [2.24, 2.45) is 40.3 Å². The molecule has 17 amide bonds. The highest BCUT2D eigenvalue weighted by atomic mass is 32.2. The molecule has 3 aromatic carbocycles. The number of aromatic nitrogens is 2. The third-order valence-corrected chi connectivity index (χ3v) is 20.9. The monoisotopic (exact) mass is 1780 g/mol. The van der Waals surface area contributed by atoms with E-state index in [-0.39, 0.29) is 56.0 Å². The van der Waals surface area contributed by atoms with Gasteiger partial charge in [0.2, 0.25) is 100 Å². The van der Waals surface area contributed by atoms with Crippen LogP contribution in [0.4, 0.5) is 0 Å². The van der Waals surface area contributed by atoms with Gasteiger partial charge in [-0.25, -0.2) is 0 Å². The number of aliphatic carboxylic acids is 2. The van der Waals surface area contributed by atoms with Gasteiger partial charge in [0.1, 0.15) is 78.8 Å². The Hall–Kier alpha value is -14.0. The van der Waals surface area contributed by atoms with E-state index in [0.29, 0.717) is 52.3 Å². The van der Waals surface area contributed by atoms with Crippen LogP contribution in [0, 0.1) is 11.3 Å². The molecule has 3 heterocycles. The lowest BCUT2D eigenvalue weighted by Crippen LogP contribution is -2.61. The molecule has 32 N–H and O–H groups in total. The van der Waals surface area contributed by atoms with E-state index < -0.39 is 280 Å². The molecule has 126 heavy (non-hydrogen) atoms. The van der Waals surface area contributed by atoms with Gasteiger partial charge in [-0.15, -0.1) is 0 Å². The summed E-state index contributed by atoms with van der Waals surface area (Å²) in [5.74, 6) is -23.7. The number of carboxylic acid groups (broad SMARTS) is 2. The van der Waals surface area contributed by atoms with Crippen LogP contribution in [0.1, 0.15) is 107 Å². The zero-order chi connectivity index (χ0) is 92.7. The molecule has 684 valence electrons. The number of amides is 17. The van der Waals surface area contributed by atoms with E-state index in [2.05, 4.69) is 84.4 Å². The first-order valence-corrected chi connectivity index (χ1v) is 41.3. The largest absolute Gasteiger partial charge is 0.508 e. The van der Waals surface area contributed by atoms with E-state index in [9.17, 15) is 87.2 Å².